The first-order valence-electron chi connectivity index (χ1n) is 7.12. The molecule has 0 unspecified atom stereocenters. The summed E-state index contributed by atoms with van der Waals surface area (Å²) in [5.74, 6) is -0.449. The quantitative estimate of drug-likeness (QED) is 0.697. The average Bonchev–Trinajstić information content (AvgIpc) is 2.90. The number of aromatic nitrogens is 2. The average molecular weight is 316 g/mol. The van der Waals surface area contributed by atoms with Crippen LogP contribution in [0.5, 0.6) is 0 Å². The Labute approximate surface area is 131 Å². The van der Waals surface area contributed by atoms with E-state index in [1.54, 1.807) is 25.2 Å². The second-order valence-corrected chi connectivity index (χ2v) is 6.12. The van der Waals surface area contributed by atoms with Crippen LogP contribution in [0.1, 0.15) is 25.6 Å². The number of thiophene rings is 1. The van der Waals surface area contributed by atoms with Gasteiger partial charge in [0.15, 0.2) is 6.04 Å². The molecular formula is C16H16N2O3S. The van der Waals surface area contributed by atoms with Crippen molar-refractivity contribution in [3.05, 3.63) is 40.3 Å². The van der Waals surface area contributed by atoms with E-state index in [9.17, 15) is 9.59 Å². The highest BCUT2D eigenvalue weighted by Gasteiger charge is 2.22. The molecule has 0 spiro atoms. The van der Waals surface area contributed by atoms with E-state index in [1.807, 2.05) is 31.2 Å². The number of benzene rings is 1. The molecule has 0 saturated heterocycles. The van der Waals surface area contributed by atoms with Gasteiger partial charge < -0.3 is 4.74 Å². The lowest BCUT2D eigenvalue weighted by atomic mass is 10.2. The fraction of sp³-hybridized carbons (Fsp3) is 0.312. The highest BCUT2D eigenvalue weighted by molar-refractivity contribution is 7.26. The molecule has 0 fully saturated rings. The minimum absolute atomic E-state index is 0.251. The van der Waals surface area contributed by atoms with Gasteiger partial charge in [-0.05, 0) is 26.8 Å². The maximum Gasteiger partial charge on any atom is 0.330 e. The first-order valence-corrected chi connectivity index (χ1v) is 7.93. The number of ether oxygens (including phenoxy) is 1. The zero-order valence-electron chi connectivity index (χ0n) is 12.6. The van der Waals surface area contributed by atoms with Crippen molar-refractivity contribution in [1.82, 2.24) is 9.78 Å². The van der Waals surface area contributed by atoms with Crippen LogP contribution in [0.4, 0.5) is 0 Å². The molecule has 0 amide bonds. The topological polar surface area (TPSA) is 61.2 Å². The summed E-state index contributed by atoms with van der Waals surface area (Å²) in [4.78, 5) is 24.7. The first kappa shape index (κ1) is 14.7. The van der Waals surface area contributed by atoms with E-state index < -0.39 is 12.0 Å². The van der Waals surface area contributed by atoms with Crippen LogP contribution in [0.2, 0.25) is 0 Å². The van der Waals surface area contributed by atoms with Crippen molar-refractivity contribution < 1.29 is 9.53 Å². The molecule has 0 aliphatic heterocycles. The first-order chi connectivity index (χ1) is 10.5. The van der Waals surface area contributed by atoms with Crippen LogP contribution < -0.4 is 5.56 Å². The summed E-state index contributed by atoms with van der Waals surface area (Å²) < 4.78 is 8.15. The molecule has 0 N–H and O–H groups in total. The largest absolute Gasteiger partial charge is 0.464 e. The molecule has 0 aliphatic carbocycles. The number of carbonyl (C=O) groups is 1. The second-order valence-electron chi connectivity index (χ2n) is 5.07. The molecule has 5 nitrogen and oxygen atoms in total. The highest BCUT2D eigenvalue weighted by Crippen LogP contribution is 2.32. The SMILES string of the molecule is CCOC(=O)[C@@H](C)n1nc(C)c2sc3ccccc3c2c1=O. The number of esters is 1. The van der Waals surface area contributed by atoms with Gasteiger partial charge in [0.25, 0.3) is 5.56 Å². The summed E-state index contributed by atoms with van der Waals surface area (Å²) in [6.45, 7) is 5.50. The van der Waals surface area contributed by atoms with Crippen LogP contribution in [0.25, 0.3) is 20.2 Å². The fourth-order valence-electron chi connectivity index (χ4n) is 2.50. The molecule has 3 aromatic rings. The number of nitrogens with zero attached hydrogens (tertiary/aromatic N) is 2. The predicted octanol–water partition coefficient (Wildman–Crippen LogP) is 3.04. The van der Waals surface area contributed by atoms with E-state index in [-0.39, 0.29) is 12.2 Å². The van der Waals surface area contributed by atoms with Crippen molar-refractivity contribution in [3.63, 3.8) is 0 Å². The molecule has 3 rings (SSSR count). The molecule has 6 heteroatoms. The van der Waals surface area contributed by atoms with Gasteiger partial charge in [-0.3, -0.25) is 4.79 Å². The molecule has 114 valence electrons. The van der Waals surface area contributed by atoms with E-state index in [1.165, 1.54) is 4.68 Å². The van der Waals surface area contributed by atoms with Crippen molar-refractivity contribution in [1.29, 1.82) is 0 Å². The summed E-state index contributed by atoms with van der Waals surface area (Å²) in [6.07, 6.45) is 0. The lowest BCUT2D eigenvalue weighted by Crippen LogP contribution is -2.31. The van der Waals surface area contributed by atoms with Gasteiger partial charge >= 0.3 is 5.97 Å². The Kier molecular flexibility index (Phi) is 3.70. The maximum atomic E-state index is 12.8. The minimum Gasteiger partial charge on any atom is -0.464 e. The highest BCUT2D eigenvalue weighted by atomic mass is 32.1. The molecule has 2 aromatic heterocycles. The zero-order chi connectivity index (χ0) is 15.9. The molecule has 22 heavy (non-hydrogen) atoms. The number of aryl methyl sites for hydroxylation is 1. The molecule has 0 radical (unpaired) electrons. The number of hydrogen-bond donors (Lipinski definition) is 0. The second kappa shape index (κ2) is 5.53. The third kappa shape index (κ3) is 2.20. The van der Waals surface area contributed by atoms with E-state index >= 15 is 0 Å². The number of fused-ring (bicyclic) bond motifs is 3. The van der Waals surface area contributed by atoms with Crippen LogP contribution in [-0.2, 0) is 9.53 Å². The van der Waals surface area contributed by atoms with Gasteiger partial charge in [0.05, 0.1) is 22.4 Å². The van der Waals surface area contributed by atoms with Crippen molar-refractivity contribution >= 4 is 37.5 Å². The van der Waals surface area contributed by atoms with E-state index in [0.717, 1.165) is 20.5 Å². The maximum absolute atomic E-state index is 12.8. The number of hydrogen-bond acceptors (Lipinski definition) is 5. The monoisotopic (exact) mass is 316 g/mol. The molecule has 1 atom stereocenters. The Bertz CT molecular complexity index is 926. The van der Waals surface area contributed by atoms with E-state index in [2.05, 4.69) is 5.10 Å². The van der Waals surface area contributed by atoms with Crippen LogP contribution >= 0.6 is 11.3 Å². The Hall–Kier alpha value is -2.21. The molecule has 1 aromatic carbocycles. The van der Waals surface area contributed by atoms with Gasteiger partial charge in [-0.1, -0.05) is 18.2 Å². The van der Waals surface area contributed by atoms with Crippen LogP contribution in [0.15, 0.2) is 29.1 Å². The minimum atomic E-state index is -0.741. The smallest absolute Gasteiger partial charge is 0.330 e. The van der Waals surface area contributed by atoms with Gasteiger partial charge in [-0.15, -0.1) is 11.3 Å². The summed E-state index contributed by atoms with van der Waals surface area (Å²) in [5, 5.41) is 5.85. The molecule has 0 bridgehead atoms. The number of carbonyl (C=O) groups excluding carboxylic acids is 1. The standard InChI is InChI=1S/C16H16N2O3S/c1-4-21-16(20)10(3)18-15(19)13-11-7-5-6-8-12(11)22-14(13)9(2)17-18/h5-8,10H,4H2,1-3H3/t10-/m1/s1. The molecule has 2 heterocycles. The molecular weight excluding hydrogens is 300 g/mol. The van der Waals surface area contributed by atoms with E-state index in [4.69, 9.17) is 4.74 Å². The van der Waals surface area contributed by atoms with Crippen LogP contribution in [0, 0.1) is 6.92 Å². The normalized spacial score (nSPS) is 12.7. The lowest BCUT2D eigenvalue weighted by molar-refractivity contribution is -0.147. The lowest BCUT2D eigenvalue weighted by Gasteiger charge is -2.13. The Morgan fingerprint density at radius 1 is 1.41 bits per heavy atom. The van der Waals surface area contributed by atoms with Crippen LogP contribution in [-0.4, -0.2) is 22.4 Å². The third-order valence-electron chi connectivity index (χ3n) is 3.60. The Morgan fingerprint density at radius 2 is 2.14 bits per heavy atom. The summed E-state index contributed by atoms with van der Waals surface area (Å²) in [5.41, 5.74) is 0.491. The third-order valence-corrected chi connectivity index (χ3v) is 4.88. The molecule has 0 aliphatic rings. The van der Waals surface area contributed by atoms with Gasteiger partial charge in [0.2, 0.25) is 0 Å². The summed E-state index contributed by atoms with van der Waals surface area (Å²) in [7, 11) is 0. The fourth-order valence-corrected chi connectivity index (χ4v) is 3.64. The van der Waals surface area contributed by atoms with Crippen LogP contribution in [0.3, 0.4) is 0 Å². The summed E-state index contributed by atoms with van der Waals surface area (Å²) in [6, 6.07) is 7.02. The van der Waals surface area contributed by atoms with Crippen molar-refractivity contribution in [2.75, 3.05) is 6.61 Å². The zero-order valence-corrected chi connectivity index (χ0v) is 13.4. The van der Waals surface area contributed by atoms with Gasteiger partial charge in [0, 0.05) is 10.1 Å². The van der Waals surface area contributed by atoms with Gasteiger partial charge in [-0.2, -0.15) is 5.10 Å². The summed E-state index contributed by atoms with van der Waals surface area (Å²) >= 11 is 1.55. The van der Waals surface area contributed by atoms with Crippen molar-refractivity contribution in [3.8, 4) is 0 Å². The van der Waals surface area contributed by atoms with Crippen molar-refractivity contribution in [2.45, 2.75) is 26.8 Å². The van der Waals surface area contributed by atoms with Gasteiger partial charge in [-0.25, -0.2) is 9.48 Å². The van der Waals surface area contributed by atoms with Crippen molar-refractivity contribution in [2.24, 2.45) is 0 Å². The van der Waals surface area contributed by atoms with E-state index in [0.29, 0.717) is 5.39 Å². The Morgan fingerprint density at radius 3 is 2.86 bits per heavy atom. The molecule has 0 saturated carbocycles. The predicted molar refractivity (Wildman–Crippen MR) is 87.5 cm³/mol. The Balaban J connectivity index is 2.30. The van der Waals surface area contributed by atoms with Gasteiger partial charge in [0.1, 0.15) is 0 Å². The number of rotatable bonds is 3.